The number of fused-ring (bicyclic) bond motifs is 1. The highest BCUT2D eigenvalue weighted by molar-refractivity contribution is 5.98. The van der Waals surface area contributed by atoms with Crippen molar-refractivity contribution in [3.63, 3.8) is 0 Å². The van der Waals surface area contributed by atoms with Gasteiger partial charge in [0.05, 0.1) is 28.0 Å². The van der Waals surface area contributed by atoms with Crippen LogP contribution in [0.15, 0.2) is 140 Å². The number of rotatable bonds is 8. The van der Waals surface area contributed by atoms with E-state index in [9.17, 15) is 5.11 Å². The number of nitrogens with zero attached hydrogens (tertiary/aromatic N) is 3. The van der Waals surface area contributed by atoms with Gasteiger partial charge in [-0.25, -0.2) is 4.98 Å². The summed E-state index contributed by atoms with van der Waals surface area (Å²) in [7, 11) is 0. The number of aryl methyl sites for hydroxylation is 1. The second-order valence-electron chi connectivity index (χ2n) is 20.7. The highest BCUT2D eigenvalue weighted by Gasteiger charge is 2.29. The number of aromatic hydroxyl groups is 1. The van der Waals surface area contributed by atoms with Crippen LogP contribution >= 0.6 is 0 Å². The third-order valence-electron chi connectivity index (χ3n) is 12.1. The number of phenolic OH excluding ortho intramolecular Hbond substituents is 1. The molecule has 0 spiro atoms. The third-order valence-corrected chi connectivity index (χ3v) is 12.1. The molecule has 0 aliphatic carbocycles. The number of imidazole rings is 1. The van der Waals surface area contributed by atoms with Crippen LogP contribution in [0.4, 0.5) is 0 Å². The molecule has 0 bridgehead atoms. The number of hydrogen-bond donors (Lipinski definition) is 1. The van der Waals surface area contributed by atoms with E-state index in [-0.39, 0.29) is 22.0 Å². The maximum absolute atomic E-state index is 12.5. The van der Waals surface area contributed by atoms with E-state index in [0.717, 1.165) is 84.5 Å². The summed E-state index contributed by atoms with van der Waals surface area (Å²) in [4.78, 5) is 10.6. The van der Waals surface area contributed by atoms with Crippen molar-refractivity contribution in [3.8, 4) is 67.5 Å². The molecule has 0 unspecified atom stereocenters. The fraction of sp³-hybridized carbons (Fsp3) is 0.288. The molecule has 1 N–H and O–H groups in total. The highest BCUT2D eigenvalue weighted by atomic mass is 16.3. The summed E-state index contributed by atoms with van der Waals surface area (Å²) < 4.78 is 25.8. The summed E-state index contributed by atoms with van der Waals surface area (Å²) in [5.41, 5.74) is 15.2. The standard InChI is InChI=1S/C59H63N3O/c1-37(2)29-39-23-26-52(48(30-39)41-17-14-13-15-18-41)62-53-20-16-19-47(54(53)61-56(62)49-35-46(58(7,8)9)36-50(55(49)63)59(10,11)12)43-31-44(33-45(32-43)57(4,5)6)51-34-42(27-28-60-51)40-24-21-38(3)22-25-40/h13-28,30-37,63H,29H2,1-12H3/i3D3. The Kier molecular flexibility index (Phi) is 10.3. The van der Waals surface area contributed by atoms with Gasteiger partial charge in [0.1, 0.15) is 11.6 Å². The number of phenols is 1. The Morgan fingerprint density at radius 2 is 1.29 bits per heavy atom. The maximum Gasteiger partial charge on any atom is 0.149 e. The molecule has 63 heavy (non-hydrogen) atoms. The second kappa shape index (κ2) is 16.5. The van der Waals surface area contributed by atoms with Crippen LogP contribution in [0.25, 0.3) is 72.7 Å². The van der Waals surface area contributed by atoms with E-state index in [2.05, 4.69) is 184 Å². The zero-order chi connectivity index (χ0) is 47.5. The lowest BCUT2D eigenvalue weighted by Crippen LogP contribution is -2.17. The molecule has 320 valence electrons. The zero-order valence-electron chi connectivity index (χ0n) is 41.9. The van der Waals surface area contributed by atoms with Crippen molar-refractivity contribution in [2.75, 3.05) is 0 Å². The second-order valence-corrected chi connectivity index (χ2v) is 20.7. The first-order valence-corrected chi connectivity index (χ1v) is 22.3. The van der Waals surface area contributed by atoms with Crippen LogP contribution in [0, 0.1) is 12.8 Å². The predicted octanol–water partition coefficient (Wildman–Crippen LogP) is 15.9. The van der Waals surface area contributed by atoms with Gasteiger partial charge in [0.2, 0.25) is 0 Å². The molecule has 0 fully saturated rings. The summed E-state index contributed by atoms with van der Waals surface area (Å²) in [6.07, 6.45) is 2.77. The number of pyridine rings is 1. The van der Waals surface area contributed by atoms with Gasteiger partial charge in [0.25, 0.3) is 0 Å². The first-order chi connectivity index (χ1) is 31.0. The van der Waals surface area contributed by atoms with Crippen molar-refractivity contribution < 1.29 is 9.22 Å². The van der Waals surface area contributed by atoms with Gasteiger partial charge in [0.15, 0.2) is 0 Å². The van der Waals surface area contributed by atoms with E-state index in [1.165, 1.54) is 5.56 Å². The molecule has 0 radical (unpaired) electrons. The van der Waals surface area contributed by atoms with Gasteiger partial charge in [-0.15, -0.1) is 0 Å². The molecule has 0 saturated carbocycles. The lowest BCUT2D eigenvalue weighted by Gasteiger charge is -2.27. The molecule has 0 aliphatic heterocycles. The van der Waals surface area contributed by atoms with E-state index in [1.54, 1.807) is 12.1 Å². The van der Waals surface area contributed by atoms with Gasteiger partial charge in [-0.2, -0.15) is 0 Å². The largest absolute Gasteiger partial charge is 0.507 e. The van der Waals surface area contributed by atoms with E-state index in [1.807, 2.05) is 24.4 Å². The molecular weight excluding hydrogens is 767 g/mol. The molecule has 0 saturated heterocycles. The average Bonchev–Trinajstić information content (AvgIpc) is 3.64. The Labute approximate surface area is 380 Å². The zero-order valence-corrected chi connectivity index (χ0v) is 38.9. The Bertz CT molecular complexity index is 3070. The molecule has 2 aromatic heterocycles. The van der Waals surface area contributed by atoms with Crippen molar-refractivity contribution >= 4 is 11.0 Å². The number of para-hydroxylation sites is 1. The van der Waals surface area contributed by atoms with Crippen LogP contribution in [0.2, 0.25) is 0 Å². The Morgan fingerprint density at radius 3 is 1.95 bits per heavy atom. The van der Waals surface area contributed by atoms with Gasteiger partial charge >= 0.3 is 0 Å². The molecule has 8 rings (SSSR count). The van der Waals surface area contributed by atoms with Crippen molar-refractivity contribution in [2.24, 2.45) is 5.92 Å². The van der Waals surface area contributed by atoms with Gasteiger partial charge in [-0.1, -0.05) is 167 Å². The topological polar surface area (TPSA) is 50.9 Å². The van der Waals surface area contributed by atoms with Crippen molar-refractivity contribution in [1.82, 2.24) is 14.5 Å². The van der Waals surface area contributed by atoms with Crippen LogP contribution in [0.3, 0.4) is 0 Å². The molecule has 4 heteroatoms. The fourth-order valence-electron chi connectivity index (χ4n) is 8.59. The van der Waals surface area contributed by atoms with Gasteiger partial charge < -0.3 is 5.11 Å². The smallest absolute Gasteiger partial charge is 0.149 e. The maximum atomic E-state index is 12.5. The third kappa shape index (κ3) is 8.87. The van der Waals surface area contributed by atoms with Gasteiger partial charge in [-0.05, 0) is 123 Å². The average molecular weight is 833 g/mol. The van der Waals surface area contributed by atoms with Crippen LogP contribution in [0.5, 0.6) is 5.75 Å². The quantitative estimate of drug-likeness (QED) is 0.166. The molecule has 2 heterocycles. The molecule has 8 aromatic rings. The molecule has 0 atom stereocenters. The first kappa shape index (κ1) is 39.6. The Hall–Kier alpha value is -6.26. The summed E-state index contributed by atoms with van der Waals surface area (Å²) in [5.74, 6) is 1.40. The molecular formula is C59H63N3O. The van der Waals surface area contributed by atoms with Crippen LogP contribution in [-0.2, 0) is 22.7 Å². The SMILES string of the molecule is [2H]C([2H])([2H])c1ccc(-c2ccnc(-c3cc(-c4cccc5c4nc(-c4cc(C(C)(C)C)cc(C(C)(C)C)c4O)n5-c4ccc(CC(C)C)cc4-c4ccccc4)cc(C(C)(C)C)c3)c2)cc1. The summed E-state index contributed by atoms with van der Waals surface area (Å²) >= 11 is 0. The fourth-order valence-corrected chi connectivity index (χ4v) is 8.59. The molecule has 0 aliphatic rings. The van der Waals surface area contributed by atoms with E-state index in [0.29, 0.717) is 22.9 Å². The predicted molar refractivity (Wildman–Crippen MR) is 267 cm³/mol. The minimum atomic E-state index is -2.17. The van der Waals surface area contributed by atoms with E-state index < -0.39 is 6.85 Å². The van der Waals surface area contributed by atoms with Crippen LogP contribution < -0.4 is 0 Å². The lowest BCUT2D eigenvalue weighted by molar-refractivity contribution is 0.446. The van der Waals surface area contributed by atoms with Crippen LogP contribution in [-0.4, -0.2) is 19.6 Å². The van der Waals surface area contributed by atoms with Crippen molar-refractivity contribution in [3.05, 3.63) is 167 Å². The number of aromatic nitrogens is 3. The van der Waals surface area contributed by atoms with Crippen molar-refractivity contribution in [2.45, 2.75) is 106 Å². The highest BCUT2D eigenvalue weighted by Crippen LogP contribution is 2.46. The van der Waals surface area contributed by atoms with Gasteiger partial charge in [0, 0.05) is 32.6 Å². The number of benzene rings is 6. The Morgan fingerprint density at radius 1 is 0.587 bits per heavy atom. The van der Waals surface area contributed by atoms with E-state index in [4.69, 9.17) is 14.1 Å². The first-order valence-electron chi connectivity index (χ1n) is 23.8. The Balaban J connectivity index is 1.42. The monoisotopic (exact) mass is 833 g/mol. The summed E-state index contributed by atoms with van der Waals surface area (Å²) in [5, 5.41) is 12.5. The van der Waals surface area contributed by atoms with E-state index >= 15 is 0 Å². The van der Waals surface area contributed by atoms with Crippen LogP contribution in [0.1, 0.15) is 108 Å². The van der Waals surface area contributed by atoms with Gasteiger partial charge in [-0.3, -0.25) is 9.55 Å². The minimum absolute atomic E-state index is 0.198. The molecule has 6 aromatic carbocycles. The lowest BCUT2D eigenvalue weighted by atomic mass is 9.79. The molecule has 0 amide bonds. The summed E-state index contributed by atoms with van der Waals surface area (Å²) in [6.45, 7) is 22.1. The normalized spacial score (nSPS) is 13.3. The van der Waals surface area contributed by atoms with Crippen molar-refractivity contribution in [1.29, 1.82) is 0 Å². The summed E-state index contributed by atoms with van der Waals surface area (Å²) in [6, 6.07) is 46.0. The number of hydrogen-bond acceptors (Lipinski definition) is 3. The minimum Gasteiger partial charge on any atom is -0.507 e. The molecule has 4 nitrogen and oxygen atoms in total.